The molecular formula is C62H66O11. The summed E-state index contributed by atoms with van der Waals surface area (Å²) in [5.41, 5.74) is 6.95. The SMILES string of the molecule is CO[C@H]1O[C@H](COCc2ccccc2)[C@@H](O[C@H]2O[C@H](COCc3ccccc3)[C@@H](OCc3ccccc3)[C@H](OCc3ccccc3)[C@@H]2OCc2ccccc2)[C@H](OCc2ccccc2)[C@H]1OCc1ccccc1. The smallest absolute Gasteiger partial charge is 0.187 e. The molecule has 2 heterocycles. The first-order chi connectivity index (χ1) is 36.2. The lowest BCUT2D eigenvalue weighted by molar-refractivity contribution is -0.376. The van der Waals surface area contributed by atoms with Crippen molar-refractivity contribution >= 4 is 0 Å². The number of benzene rings is 7. The van der Waals surface area contributed by atoms with Crippen molar-refractivity contribution in [2.75, 3.05) is 20.3 Å². The molecule has 10 atom stereocenters. The van der Waals surface area contributed by atoms with E-state index in [9.17, 15) is 0 Å². The highest BCUT2D eigenvalue weighted by Crippen LogP contribution is 2.37. The maximum atomic E-state index is 7.51. The van der Waals surface area contributed by atoms with Crippen molar-refractivity contribution in [3.8, 4) is 0 Å². The summed E-state index contributed by atoms with van der Waals surface area (Å²) in [7, 11) is 1.61. The fourth-order valence-electron chi connectivity index (χ4n) is 9.14. The molecule has 0 saturated carbocycles. The maximum Gasteiger partial charge on any atom is 0.187 e. The Kier molecular flexibility index (Phi) is 19.9. The summed E-state index contributed by atoms with van der Waals surface area (Å²) in [5.74, 6) is 0. The third-order valence-corrected chi connectivity index (χ3v) is 12.9. The number of hydrogen-bond acceptors (Lipinski definition) is 11. The van der Waals surface area contributed by atoms with E-state index in [1.165, 1.54) is 0 Å². The van der Waals surface area contributed by atoms with E-state index in [0.717, 1.165) is 38.9 Å². The largest absolute Gasteiger partial charge is 0.374 e. The van der Waals surface area contributed by atoms with Crippen molar-refractivity contribution in [2.45, 2.75) is 108 Å². The maximum absolute atomic E-state index is 7.51. The molecule has 73 heavy (non-hydrogen) atoms. The van der Waals surface area contributed by atoms with E-state index in [1.54, 1.807) is 7.11 Å². The van der Waals surface area contributed by atoms with E-state index in [-0.39, 0.29) is 46.2 Å². The Morgan fingerprint density at radius 3 is 0.890 bits per heavy atom. The second-order valence-corrected chi connectivity index (χ2v) is 18.2. The Morgan fingerprint density at radius 1 is 0.288 bits per heavy atom. The predicted molar refractivity (Wildman–Crippen MR) is 276 cm³/mol. The van der Waals surface area contributed by atoms with Gasteiger partial charge < -0.3 is 52.1 Å². The fraction of sp³-hybridized carbons (Fsp3) is 0.323. The zero-order valence-electron chi connectivity index (χ0n) is 41.3. The van der Waals surface area contributed by atoms with Crippen LogP contribution >= 0.6 is 0 Å². The molecule has 380 valence electrons. The molecule has 2 fully saturated rings. The molecule has 7 aromatic carbocycles. The summed E-state index contributed by atoms with van der Waals surface area (Å²) in [6, 6.07) is 70.4. The van der Waals surface area contributed by atoms with Gasteiger partial charge in [-0.25, -0.2) is 0 Å². The first-order valence-corrected chi connectivity index (χ1v) is 25.2. The molecule has 0 aliphatic carbocycles. The second kappa shape index (κ2) is 28.0. The van der Waals surface area contributed by atoms with Gasteiger partial charge in [0.2, 0.25) is 0 Å². The average Bonchev–Trinajstić information content (AvgIpc) is 3.45. The number of ether oxygens (including phenoxy) is 11. The predicted octanol–water partition coefficient (Wildman–Crippen LogP) is 10.8. The van der Waals surface area contributed by atoms with E-state index in [0.29, 0.717) is 13.2 Å². The van der Waals surface area contributed by atoms with Gasteiger partial charge in [0.15, 0.2) is 12.6 Å². The molecule has 11 heteroatoms. The zero-order valence-corrected chi connectivity index (χ0v) is 41.3. The summed E-state index contributed by atoms with van der Waals surface area (Å²) in [6.45, 7) is 2.27. The van der Waals surface area contributed by atoms with E-state index in [1.807, 2.05) is 212 Å². The Balaban J connectivity index is 1.11. The van der Waals surface area contributed by atoms with Crippen LogP contribution in [0.1, 0.15) is 38.9 Å². The molecule has 2 aliphatic heterocycles. The molecule has 2 aliphatic rings. The lowest BCUT2D eigenvalue weighted by atomic mass is 9.95. The van der Waals surface area contributed by atoms with Crippen LogP contribution in [0.25, 0.3) is 0 Å². The zero-order chi connectivity index (χ0) is 49.7. The van der Waals surface area contributed by atoms with Gasteiger partial charge in [0.1, 0.15) is 48.8 Å². The van der Waals surface area contributed by atoms with Crippen molar-refractivity contribution in [3.05, 3.63) is 251 Å². The summed E-state index contributed by atoms with van der Waals surface area (Å²) in [4.78, 5) is 0. The molecule has 7 aromatic rings. The number of rotatable bonds is 26. The van der Waals surface area contributed by atoms with Crippen LogP contribution in [0.4, 0.5) is 0 Å². The molecule has 0 radical (unpaired) electrons. The molecule has 0 aromatic heterocycles. The van der Waals surface area contributed by atoms with E-state index < -0.39 is 61.4 Å². The van der Waals surface area contributed by atoms with Gasteiger partial charge in [-0.2, -0.15) is 0 Å². The van der Waals surface area contributed by atoms with Crippen molar-refractivity contribution in [1.82, 2.24) is 0 Å². The molecule has 9 rings (SSSR count). The second-order valence-electron chi connectivity index (χ2n) is 18.2. The molecular weight excluding hydrogens is 921 g/mol. The van der Waals surface area contributed by atoms with Crippen LogP contribution < -0.4 is 0 Å². The highest BCUT2D eigenvalue weighted by molar-refractivity contribution is 5.19. The van der Waals surface area contributed by atoms with E-state index >= 15 is 0 Å². The first-order valence-electron chi connectivity index (χ1n) is 25.2. The Labute approximate surface area is 429 Å². The molecule has 11 nitrogen and oxygen atoms in total. The van der Waals surface area contributed by atoms with Crippen LogP contribution in [0.2, 0.25) is 0 Å². The van der Waals surface area contributed by atoms with Gasteiger partial charge in [-0.15, -0.1) is 0 Å². The number of methoxy groups -OCH3 is 1. The van der Waals surface area contributed by atoms with Crippen LogP contribution in [0.3, 0.4) is 0 Å². The normalized spacial score (nSPS) is 24.0. The topological polar surface area (TPSA) is 102 Å². The molecule has 0 N–H and O–H groups in total. The summed E-state index contributed by atoms with van der Waals surface area (Å²) in [6.07, 6.45) is -8.10. The van der Waals surface area contributed by atoms with Crippen molar-refractivity contribution in [2.24, 2.45) is 0 Å². The molecule has 0 bridgehead atoms. The fourth-order valence-corrected chi connectivity index (χ4v) is 9.14. The Bertz CT molecular complexity index is 2560. The third kappa shape index (κ3) is 15.3. The van der Waals surface area contributed by atoms with Crippen LogP contribution in [0, 0.1) is 0 Å². The van der Waals surface area contributed by atoms with Gasteiger partial charge in [0, 0.05) is 7.11 Å². The standard InChI is InChI=1S/C62H66O11/c1-63-61-59(69-42-51-33-19-7-20-34-51)58(68-41-50-31-17-6-18-32-50)56(54(71-61)45-65-38-47-25-11-3-12-26-47)73-62-60(70-43-52-35-21-8-22-36-52)57(67-40-49-29-15-5-16-30-49)55(66-39-48-27-13-4-14-28-48)53(72-62)44-64-37-46-23-9-2-10-24-46/h2-36,53-62H,37-45H2,1H3/t53-,54-,55-,56-,57+,58+,59-,60+,61+,62-/m1/s1. The quantitative estimate of drug-likeness (QED) is 0.0518. The molecule has 0 spiro atoms. The minimum atomic E-state index is -1.09. The van der Waals surface area contributed by atoms with Gasteiger partial charge in [0.25, 0.3) is 0 Å². The van der Waals surface area contributed by atoms with Crippen LogP contribution in [-0.4, -0.2) is 81.7 Å². The van der Waals surface area contributed by atoms with Gasteiger partial charge in [0.05, 0.1) is 59.5 Å². The lowest BCUT2D eigenvalue weighted by Gasteiger charge is -2.50. The Hall–Kier alpha value is -5.90. The third-order valence-electron chi connectivity index (χ3n) is 12.9. The molecule has 0 unspecified atom stereocenters. The highest BCUT2D eigenvalue weighted by Gasteiger charge is 2.54. The van der Waals surface area contributed by atoms with Crippen LogP contribution in [0.5, 0.6) is 0 Å². The van der Waals surface area contributed by atoms with Crippen molar-refractivity contribution in [1.29, 1.82) is 0 Å². The van der Waals surface area contributed by atoms with E-state index in [2.05, 4.69) is 0 Å². The van der Waals surface area contributed by atoms with Gasteiger partial charge in [-0.1, -0.05) is 212 Å². The monoisotopic (exact) mass is 986 g/mol. The highest BCUT2D eigenvalue weighted by atomic mass is 16.8. The molecule has 2 saturated heterocycles. The van der Waals surface area contributed by atoms with Gasteiger partial charge >= 0.3 is 0 Å². The minimum absolute atomic E-state index is 0.124. The van der Waals surface area contributed by atoms with Gasteiger partial charge in [-0.3, -0.25) is 0 Å². The number of hydrogen-bond donors (Lipinski definition) is 0. The summed E-state index contributed by atoms with van der Waals surface area (Å²) in [5, 5.41) is 0. The minimum Gasteiger partial charge on any atom is -0.374 e. The molecule has 0 amide bonds. The van der Waals surface area contributed by atoms with Crippen LogP contribution in [0.15, 0.2) is 212 Å². The summed E-state index contributed by atoms with van der Waals surface area (Å²) >= 11 is 0. The Morgan fingerprint density at radius 2 is 0.548 bits per heavy atom. The van der Waals surface area contributed by atoms with Crippen molar-refractivity contribution < 1.29 is 52.1 Å². The van der Waals surface area contributed by atoms with Gasteiger partial charge in [-0.05, 0) is 38.9 Å². The van der Waals surface area contributed by atoms with Crippen molar-refractivity contribution in [3.63, 3.8) is 0 Å². The average molecular weight is 987 g/mol. The lowest BCUT2D eigenvalue weighted by Crippen LogP contribution is -2.66. The van der Waals surface area contributed by atoms with E-state index in [4.69, 9.17) is 52.1 Å². The first kappa shape index (κ1) is 52.0. The van der Waals surface area contributed by atoms with Crippen LogP contribution in [-0.2, 0) is 98.4 Å². The summed E-state index contributed by atoms with van der Waals surface area (Å²) < 4.78 is 75.9.